The van der Waals surface area contributed by atoms with Crippen molar-refractivity contribution < 1.29 is 22.7 Å². The molecule has 0 aliphatic carbocycles. The van der Waals surface area contributed by atoms with E-state index in [0.717, 1.165) is 35.4 Å². The zero-order valence-corrected chi connectivity index (χ0v) is 23.8. The fourth-order valence-corrected chi connectivity index (χ4v) is 5.78. The van der Waals surface area contributed by atoms with E-state index >= 15 is 0 Å². The van der Waals surface area contributed by atoms with E-state index in [2.05, 4.69) is 56.0 Å². The van der Waals surface area contributed by atoms with Gasteiger partial charge < -0.3 is 15.0 Å². The molecule has 4 aromatic rings. The van der Waals surface area contributed by atoms with Gasteiger partial charge in [-0.15, -0.1) is 18.3 Å². The molecule has 12 heteroatoms. The summed E-state index contributed by atoms with van der Waals surface area (Å²) in [5, 5.41) is 8.01. The molecule has 1 fully saturated rings. The quantitative estimate of drug-likeness (QED) is 0.248. The van der Waals surface area contributed by atoms with Crippen LogP contribution in [0.3, 0.4) is 0 Å². The molecule has 0 radical (unpaired) electrons. The van der Waals surface area contributed by atoms with Gasteiger partial charge in [-0.25, -0.2) is 14.5 Å². The number of hydrogen-bond acceptors (Lipinski definition) is 5. The molecule has 1 aliphatic heterocycles. The average Bonchev–Trinajstić information content (AvgIpc) is 3.47. The molecule has 0 spiro atoms. The number of carbonyl (C=O) groups excluding carboxylic acids is 1. The number of amides is 2. The number of benzene rings is 3. The minimum absolute atomic E-state index is 0.234. The number of anilines is 1. The Balaban J connectivity index is 1.21. The number of carbonyl (C=O) groups is 1. The monoisotopic (exact) mass is 594 g/mol. The molecule has 2 amide bonds. The van der Waals surface area contributed by atoms with Crippen molar-refractivity contribution in [2.24, 2.45) is 4.99 Å². The maximum absolute atomic E-state index is 12.8. The number of halogens is 3. The molecule has 42 heavy (non-hydrogen) atoms. The molecule has 1 aromatic heterocycles. The molecule has 5 rings (SSSR count). The zero-order valence-electron chi connectivity index (χ0n) is 23.0. The number of nitrogens with one attached hydrogen (secondary N) is 1. The van der Waals surface area contributed by atoms with Gasteiger partial charge in [0.25, 0.3) is 0 Å². The fourth-order valence-electron chi connectivity index (χ4n) is 4.58. The first-order valence-corrected chi connectivity index (χ1v) is 14.4. The summed E-state index contributed by atoms with van der Waals surface area (Å²) >= 11 is 1.59. The number of hydrogen-bond donors (Lipinski definition) is 1. The maximum Gasteiger partial charge on any atom is 0.573 e. The number of thioether (sulfide) groups is 1. The third-order valence-electron chi connectivity index (χ3n) is 6.73. The Kier molecular flexibility index (Phi) is 8.81. The van der Waals surface area contributed by atoms with Crippen LogP contribution in [0.15, 0.2) is 84.1 Å². The Labute approximate surface area is 245 Å². The first-order valence-electron chi connectivity index (χ1n) is 13.4. The summed E-state index contributed by atoms with van der Waals surface area (Å²) in [6.45, 7) is 4.58. The summed E-state index contributed by atoms with van der Waals surface area (Å²) in [6, 6.07) is 20.8. The Morgan fingerprint density at radius 1 is 1.10 bits per heavy atom. The van der Waals surface area contributed by atoms with Crippen LogP contribution in [0.25, 0.3) is 17.1 Å². The van der Waals surface area contributed by atoms with E-state index in [-0.39, 0.29) is 11.8 Å². The molecule has 218 valence electrons. The number of alkyl halides is 3. The summed E-state index contributed by atoms with van der Waals surface area (Å²) in [5.74, 6) is 1.04. The van der Waals surface area contributed by atoms with Gasteiger partial charge in [-0.1, -0.05) is 61.2 Å². The number of para-hydroxylation sites is 1. The lowest BCUT2D eigenvalue weighted by molar-refractivity contribution is -0.274. The van der Waals surface area contributed by atoms with Gasteiger partial charge >= 0.3 is 12.4 Å². The molecule has 1 atom stereocenters. The molecule has 2 heterocycles. The average molecular weight is 595 g/mol. The third-order valence-corrected chi connectivity index (χ3v) is 7.71. The van der Waals surface area contributed by atoms with Crippen molar-refractivity contribution in [3.8, 4) is 22.8 Å². The Bertz CT molecular complexity index is 1550. The van der Waals surface area contributed by atoms with Gasteiger partial charge in [-0.05, 0) is 61.2 Å². The minimum Gasteiger partial charge on any atom is -0.406 e. The van der Waals surface area contributed by atoms with Crippen LogP contribution >= 0.6 is 11.8 Å². The summed E-state index contributed by atoms with van der Waals surface area (Å²) in [5.41, 5.74) is 4.47. The molecule has 1 saturated heterocycles. The molecule has 0 saturated carbocycles. The lowest BCUT2D eigenvalue weighted by atomic mass is 10.1. The first kappa shape index (κ1) is 29.2. The number of nitrogens with zero attached hydrogens (tertiary/aromatic N) is 5. The van der Waals surface area contributed by atoms with Crippen molar-refractivity contribution in [2.45, 2.75) is 45.6 Å². The van der Waals surface area contributed by atoms with Crippen LogP contribution in [0.2, 0.25) is 0 Å². The highest BCUT2D eigenvalue weighted by Crippen LogP contribution is 2.32. The highest BCUT2D eigenvalue weighted by Gasteiger charge is 2.31. The van der Waals surface area contributed by atoms with Crippen molar-refractivity contribution in [2.75, 3.05) is 10.7 Å². The number of ether oxygens (including phenoxy) is 1. The zero-order chi connectivity index (χ0) is 29.7. The highest BCUT2D eigenvalue weighted by molar-refractivity contribution is 8.14. The van der Waals surface area contributed by atoms with Crippen LogP contribution in [0.1, 0.15) is 31.4 Å². The van der Waals surface area contributed by atoms with Crippen LogP contribution in [0.5, 0.6) is 5.75 Å². The molecular weight excluding hydrogens is 565 g/mol. The Morgan fingerprint density at radius 2 is 1.83 bits per heavy atom. The van der Waals surface area contributed by atoms with Gasteiger partial charge in [0, 0.05) is 29.6 Å². The lowest BCUT2D eigenvalue weighted by Crippen LogP contribution is -2.42. The van der Waals surface area contributed by atoms with Crippen LogP contribution in [-0.2, 0) is 13.0 Å². The number of aryl methyl sites for hydroxylation is 1. The molecule has 8 nitrogen and oxygen atoms in total. The molecule has 3 aromatic carbocycles. The van der Waals surface area contributed by atoms with E-state index in [1.165, 1.54) is 40.8 Å². The van der Waals surface area contributed by atoms with Crippen LogP contribution in [0.4, 0.5) is 23.7 Å². The maximum atomic E-state index is 12.8. The van der Waals surface area contributed by atoms with Crippen molar-refractivity contribution in [3.63, 3.8) is 0 Å². The van der Waals surface area contributed by atoms with Gasteiger partial charge in [0.2, 0.25) is 0 Å². The molecule has 1 N–H and O–H groups in total. The number of urea groups is 1. The van der Waals surface area contributed by atoms with E-state index in [4.69, 9.17) is 0 Å². The van der Waals surface area contributed by atoms with E-state index in [1.54, 1.807) is 11.8 Å². The minimum atomic E-state index is -4.75. The van der Waals surface area contributed by atoms with E-state index < -0.39 is 12.4 Å². The van der Waals surface area contributed by atoms with Crippen molar-refractivity contribution in [3.05, 3.63) is 90.3 Å². The largest absolute Gasteiger partial charge is 0.573 e. The van der Waals surface area contributed by atoms with Gasteiger partial charge in [-0.3, -0.25) is 0 Å². The van der Waals surface area contributed by atoms with Gasteiger partial charge in [0.1, 0.15) is 12.1 Å². The van der Waals surface area contributed by atoms with Crippen molar-refractivity contribution in [1.29, 1.82) is 0 Å². The van der Waals surface area contributed by atoms with Gasteiger partial charge in [0.05, 0.1) is 5.69 Å². The normalized spacial score (nSPS) is 16.5. The van der Waals surface area contributed by atoms with Crippen molar-refractivity contribution >= 4 is 28.6 Å². The first-order chi connectivity index (χ1) is 20.2. The second-order valence-electron chi connectivity index (χ2n) is 9.64. The van der Waals surface area contributed by atoms with Crippen LogP contribution in [-0.4, -0.2) is 44.1 Å². The predicted octanol–water partition coefficient (Wildman–Crippen LogP) is 6.99. The number of rotatable bonds is 7. The number of aromatic nitrogens is 3. The highest BCUT2D eigenvalue weighted by atomic mass is 32.2. The van der Waals surface area contributed by atoms with Crippen LogP contribution < -0.4 is 15.0 Å². The summed E-state index contributed by atoms with van der Waals surface area (Å²) in [7, 11) is 0. The summed E-state index contributed by atoms with van der Waals surface area (Å²) in [6.07, 6.45) is -1.37. The Hall–Kier alpha value is -4.32. The molecule has 1 aliphatic rings. The fraction of sp³-hybridized carbons (Fsp3) is 0.267. The molecular formula is C30H29F3N6O2S. The van der Waals surface area contributed by atoms with Gasteiger partial charge in [-0.2, -0.15) is 4.99 Å². The number of amidine groups is 1. The smallest absolute Gasteiger partial charge is 0.406 e. The van der Waals surface area contributed by atoms with Crippen molar-refractivity contribution in [1.82, 2.24) is 20.1 Å². The second kappa shape index (κ2) is 12.7. The number of aliphatic imine (C=N–C) groups is 1. The second-order valence-corrected chi connectivity index (χ2v) is 10.7. The van der Waals surface area contributed by atoms with E-state index in [9.17, 15) is 18.0 Å². The molecule has 0 bridgehead atoms. The SMILES string of the molecule is CCc1ccccc1N1/C(=N/C(=O)NCc2ccc(-c3ncn(-c4ccc(OC(F)(F)F)cc4)n3)cc2)SCCC1C. The topological polar surface area (TPSA) is 84.6 Å². The standard InChI is InChI=1S/C30H29F3N6O2S/c1-3-22-6-4-5-7-26(22)39-20(2)16-17-42-29(39)36-28(40)34-18-21-8-10-23(11-9-21)27-35-19-38(37-27)24-12-14-25(15-13-24)41-30(31,32)33/h4-15,19-20H,3,16-18H2,1-2H3,(H,34,40)/b36-29-. The van der Waals surface area contributed by atoms with E-state index in [0.29, 0.717) is 23.2 Å². The van der Waals surface area contributed by atoms with E-state index in [1.807, 2.05) is 36.4 Å². The molecule has 1 unspecified atom stereocenters. The predicted molar refractivity (Wildman–Crippen MR) is 158 cm³/mol. The lowest BCUT2D eigenvalue weighted by Gasteiger charge is -2.36. The summed E-state index contributed by atoms with van der Waals surface area (Å²) in [4.78, 5) is 23.7. The van der Waals surface area contributed by atoms with Gasteiger partial charge in [0.15, 0.2) is 11.0 Å². The third kappa shape index (κ3) is 7.11. The van der Waals surface area contributed by atoms with Crippen LogP contribution in [0, 0.1) is 0 Å². The Morgan fingerprint density at radius 3 is 2.55 bits per heavy atom. The summed E-state index contributed by atoms with van der Waals surface area (Å²) < 4.78 is 42.6.